The maximum atomic E-state index is 13.7. The lowest BCUT2D eigenvalue weighted by atomic mass is 10.0. The molecule has 11 heteroatoms. The third kappa shape index (κ3) is 3.49. The molecule has 28 heavy (non-hydrogen) atoms. The van der Waals surface area contributed by atoms with E-state index in [1.165, 1.54) is 17.6 Å². The van der Waals surface area contributed by atoms with Crippen molar-refractivity contribution in [3.05, 3.63) is 57.3 Å². The predicted molar refractivity (Wildman–Crippen MR) is 97.5 cm³/mol. The number of nitrogens with zero attached hydrogens (tertiary/aromatic N) is 2. The Morgan fingerprint density at radius 2 is 2.25 bits per heavy atom. The second-order valence-corrected chi connectivity index (χ2v) is 7.58. The number of amides is 1. The second-order valence-electron chi connectivity index (χ2n) is 6.22. The molecule has 1 amide bonds. The average Bonchev–Trinajstić information content (AvgIpc) is 3.40. The van der Waals surface area contributed by atoms with Crippen LogP contribution in [0.5, 0.6) is 0 Å². The molecule has 6 nitrogen and oxygen atoms in total. The van der Waals surface area contributed by atoms with E-state index >= 15 is 0 Å². The van der Waals surface area contributed by atoms with E-state index in [-0.39, 0.29) is 29.5 Å². The van der Waals surface area contributed by atoms with E-state index in [0.717, 1.165) is 9.56 Å². The normalized spacial score (nSPS) is 19.1. The molecule has 0 spiro atoms. The van der Waals surface area contributed by atoms with Crippen molar-refractivity contribution in [1.82, 2.24) is 15.1 Å². The Morgan fingerprint density at radius 1 is 1.43 bits per heavy atom. The number of halogens is 4. The Labute approximate surface area is 166 Å². The summed E-state index contributed by atoms with van der Waals surface area (Å²) >= 11 is 7.60. The van der Waals surface area contributed by atoms with Gasteiger partial charge in [-0.05, 0) is 23.6 Å². The Bertz CT molecular complexity index is 970. The van der Waals surface area contributed by atoms with Gasteiger partial charge < -0.3 is 15.1 Å². The number of hydrogen-bond donors (Lipinski definition) is 2. The highest BCUT2D eigenvalue weighted by molar-refractivity contribution is 7.10. The fourth-order valence-corrected chi connectivity index (χ4v) is 4.13. The number of furan rings is 1. The maximum Gasteiger partial charge on any atom is 0.410 e. The molecule has 4 heterocycles. The molecule has 0 bridgehead atoms. The summed E-state index contributed by atoms with van der Waals surface area (Å²) in [5, 5.41) is 11.1. The Kier molecular flexibility index (Phi) is 4.84. The molecular formula is C17H14ClF3N4O2S. The van der Waals surface area contributed by atoms with E-state index < -0.39 is 24.2 Å². The van der Waals surface area contributed by atoms with Gasteiger partial charge >= 0.3 is 6.18 Å². The lowest BCUT2D eigenvalue weighted by molar-refractivity contribution is -0.173. The fourth-order valence-electron chi connectivity index (χ4n) is 3.07. The highest BCUT2D eigenvalue weighted by Crippen LogP contribution is 2.46. The topological polar surface area (TPSA) is 72.1 Å². The molecule has 2 atom stereocenters. The van der Waals surface area contributed by atoms with E-state index in [2.05, 4.69) is 15.7 Å². The molecule has 0 radical (unpaired) electrons. The Morgan fingerprint density at radius 3 is 2.89 bits per heavy atom. The number of rotatable bonds is 4. The zero-order valence-corrected chi connectivity index (χ0v) is 15.7. The molecule has 1 aliphatic rings. The molecule has 2 N–H and O–H groups in total. The number of thiophene rings is 1. The summed E-state index contributed by atoms with van der Waals surface area (Å²) in [6.45, 7) is 0.0678. The first-order chi connectivity index (χ1) is 13.3. The zero-order chi connectivity index (χ0) is 19.9. The minimum Gasteiger partial charge on any atom is -0.467 e. The predicted octanol–water partition coefficient (Wildman–Crippen LogP) is 4.78. The number of alkyl halides is 3. The molecule has 3 aromatic heterocycles. The highest BCUT2D eigenvalue weighted by Gasteiger charge is 2.48. The van der Waals surface area contributed by atoms with Crippen molar-refractivity contribution in [3.8, 4) is 0 Å². The van der Waals surface area contributed by atoms with Crippen LogP contribution >= 0.6 is 22.9 Å². The van der Waals surface area contributed by atoms with Gasteiger partial charge in [-0.1, -0.05) is 17.7 Å². The molecule has 0 unspecified atom stereocenters. The number of hydrogen-bond acceptors (Lipinski definition) is 5. The summed E-state index contributed by atoms with van der Waals surface area (Å²) in [5.41, 5.74) is -0.267. The van der Waals surface area contributed by atoms with Gasteiger partial charge in [0.2, 0.25) is 0 Å². The molecule has 0 saturated carbocycles. The fraction of sp³-hybridized carbons (Fsp3) is 0.294. The SMILES string of the molecule is O=C(NCc1ccco1)c1nn2c(c1Cl)N[C@@H](c1cccs1)C[C@H]2C(F)(F)F. The summed E-state index contributed by atoms with van der Waals surface area (Å²) < 4.78 is 46.9. The standard InChI is InChI=1S/C17H14ClF3N4O2S/c18-13-14(16(26)22-8-9-3-1-5-27-9)24-25-12(17(19,20)21)7-10(23-15(13)25)11-4-2-6-28-11/h1-6,10,12,23H,7-8H2,(H,22,26)/t10-,12+/m1/s1. The quantitative estimate of drug-likeness (QED) is 0.624. The molecule has 3 aromatic rings. The van der Waals surface area contributed by atoms with Crippen LogP contribution in [0.2, 0.25) is 5.02 Å². The Balaban J connectivity index is 1.65. The van der Waals surface area contributed by atoms with Crippen LogP contribution < -0.4 is 10.6 Å². The van der Waals surface area contributed by atoms with Crippen molar-refractivity contribution in [1.29, 1.82) is 0 Å². The number of anilines is 1. The molecule has 0 aliphatic carbocycles. The van der Waals surface area contributed by atoms with Gasteiger partial charge in [0.25, 0.3) is 5.91 Å². The van der Waals surface area contributed by atoms with Crippen LogP contribution in [0.4, 0.5) is 19.0 Å². The van der Waals surface area contributed by atoms with E-state index in [1.807, 2.05) is 0 Å². The van der Waals surface area contributed by atoms with Gasteiger partial charge in [0.15, 0.2) is 11.7 Å². The van der Waals surface area contributed by atoms with Crippen molar-refractivity contribution in [2.75, 3.05) is 5.32 Å². The monoisotopic (exact) mass is 430 g/mol. The van der Waals surface area contributed by atoms with Gasteiger partial charge in [0.05, 0.1) is 18.8 Å². The van der Waals surface area contributed by atoms with Crippen molar-refractivity contribution in [3.63, 3.8) is 0 Å². The van der Waals surface area contributed by atoms with Gasteiger partial charge in [-0.25, -0.2) is 4.68 Å². The van der Waals surface area contributed by atoms with E-state index in [0.29, 0.717) is 5.76 Å². The van der Waals surface area contributed by atoms with Gasteiger partial charge in [0.1, 0.15) is 16.6 Å². The van der Waals surface area contributed by atoms with Crippen molar-refractivity contribution >= 4 is 34.7 Å². The van der Waals surface area contributed by atoms with Crippen LogP contribution in [-0.4, -0.2) is 21.9 Å². The molecule has 1 aliphatic heterocycles. The first-order valence-corrected chi connectivity index (χ1v) is 9.55. The minimum absolute atomic E-state index is 0.0169. The first-order valence-electron chi connectivity index (χ1n) is 8.30. The smallest absolute Gasteiger partial charge is 0.410 e. The maximum absolute atomic E-state index is 13.7. The van der Waals surface area contributed by atoms with Crippen LogP contribution in [0, 0.1) is 0 Å². The van der Waals surface area contributed by atoms with Crippen molar-refractivity contribution in [2.24, 2.45) is 0 Å². The third-order valence-corrected chi connectivity index (χ3v) is 5.74. The third-order valence-electron chi connectivity index (χ3n) is 4.40. The van der Waals surface area contributed by atoms with E-state index in [1.54, 1.807) is 29.6 Å². The van der Waals surface area contributed by atoms with Crippen LogP contribution in [0.15, 0.2) is 40.3 Å². The summed E-state index contributed by atoms with van der Waals surface area (Å²) in [4.78, 5) is 13.2. The number of aromatic nitrogens is 2. The van der Waals surface area contributed by atoms with Crippen LogP contribution in [0.25, 0.3) is 0 Å². The number of carbonyl (C=O) groups is 1. The average molecular weight is 431 g/mol. The van der Waals surface area contributed by atoms with Gasteiger partial charge in [-0.3, -0.25) is 4.79 Å². The molecule has 0 fully saturated rings. The minimum atomic E-state index is -4.54. The lowest BCUT2D eigenvalue weighted by Gasteiger charge is -2.32. The molecular weight excluding hydrogens is 417 g/mol. The van der Waals surface area contributed by atoms with Crippen molar-refractivity contribution in [2.45, 2.75) is 31.2 Å². The van der Waals surface area contributed by atoms with Crippen LogP contribution in [-0.2, 0) is 6.54 Å². The van der Waals surface area contributed by atoms with Gasteiger partial charge in [0, 0.05) is 11.3 Å². The largest absolute Gasteiger partial charge is 0.467 e. The first kappa shape index (κ1) is 18.9. The van der Waals surface area contributed by atoms with Gasteiger partial charge in [-0.15, -0.1) is 11.3 Å². The highest BCUT2D eigenvalue weighted by atomic mass is 35.5. The summed E-state index contributed by atoms with van der Waals surface area (Å²) in [6, 6.07) is 4.38. The molecule has 4 rings (SSSR count). The van der Waals surface area contributed by atoms with Crippen LogP contribution in [0.3, 0.4) is 0 Å². The number of nitrogens with one attached hydrogen (secondary N) is 2. The summed E-state index contributed by atoms with van der Waals surface area (Å²) in [6.07, 6.45) is -3.33. The molecule has 148 valence electrons. The zero-order valence-electron chi connectivity index (χ0n) is 14.2. The lowest BCUT2D eigenvalue weighted by Crippen LogP contribution is -2.35. The second kappa shape index (κ2) is 7.17. The summed E-state index contributed by atoms with van der Waals surface area (Å²) in [5.74, 6) is -0.201. The van der Waals surface area contributed by atoms with Crippen LogP contribution in [0.1, 0.15) is 39.6 Å². The summed E-state index contributed by atoms with van der Waals surface area (Å²) in [7, 11) is 0. The van der Waals surface area contributed by atoms with Gasteiger partial charge in [-0.2, -0.15) is 18.3 Å². The number of fused-ring (bicyclic) bond motifs is 1. The number of carbonyl (C=O) groups excluding carboxylic acids is 1. The van der Waals surface area contributed by atoms with E-state index in [9.17, 15) is 18.0 Å². The molecule has 0 saturated heterocycles. The Hall–Kier alpha value is -2.46. The molecule has 0 aromatic carbocycles. The van der Waals surface area contributed by atoms with E-state index in [4.69, 9.17) is 16.0 Å². The van der Waals surface area contributed by atoms with Crippen molar-refractivity contribution < 1.29 is 22.4 Å².